The summed E-state index contributed by atoms with van der Waals surface area (Å²) in [6, 6.07) is 0. The molecule has 0 radical (unpaired) electrons. The zero-order valence-electron chi connectivity index (χ0n) is 11.0. The van der Waals surface area contributed by atoms with Crippen molar-refractivity contribution in [1.82, 2.24) is 4.90 Å². The zero-order valence-corrected chi connectivity index (χ0v) is 11.0. The number of rotatable bonds is 7. The smallest absolute Gasteiger partial charge is 0.401 e. The van der Waals surface area contributed by atoms with Crippen LogP contribution in [0, 0.1) is 0 Å². The van der Waals surface area contributed by atoms with Gasteiger partial charge in [-0.05, 0) is 32.9 Å². The van der Waals surface area contributed by atoms with E-state index in [1.165, 1.54) is 18.9 Å². The number of hydrogen-bond donors (Lipinski definition) is 1. The van der Waals surface area contributed by atoms with E-state index in [9.17, 15) is 18.0 Å². The number of esters is 1. The molecule has 18 heavy (non-hydrogen) atoms. The van der Waals surface area contributed by atoms with Crippen molar-refractivity contribution in [3.05, 3.63) is 0 Å². The summed E-state index contributed by atoms with van der Waals surface area (Å²) < 4.78 is 41.1. The standard InChI is InChI=1S/C11H21F3N2O2/c1-4-16(8-11(12,13)14)7-5-6-10(2,15)9(17)18-3/h4-8,15H2,1-3H3. The summed E-state index contributed by atoms with van der Waals surface area (Å²) in [7, 11) is 1.23. The molecule has 7 heteroatoms. The van der Waals surface area contributed by atoms with Crippen LogP contribution in [-0.4, -0.2) is 49.3 Å². The molecule has 0 amide bonds. The molecule has 0 aromatic rings. The normalized spacial score (nSPS) is 15.6. The zero-order chi connectivity index (χ0) is 14.4. The van der Waals surface area contributed by atoms with Crippen molar-refractivity contribution in [1.29, 1.82) is 0 Å². The Morgan fingerprint density at radius 2 is 1.94 bits per heavy atom. The van der Waals surface area contributed by atoms with E-state index in [0.717, 1.165) is 0 Å². The molecule has 0 aliphatic heterocycles. The van der Waals surface area contributed by atoms with Crippen LogP contribution in [-0.2, 0) is 9.53 Å². The Balaban J connectivity index is 4.12. The molecular weight excluding hydrogens is 249 g/mol. The molecule has 1 atom stereocenters. The largest absolute Gasteiger partial charge is 0.468 e. The monoisotopic (exact) mass is 270 g/mol. The van der Waals surface area contributed by atoms with Crippen molar-refractivity contribution in [3.8, 4) is 0 Å². The maximum absolute atomic E-state index is 12.2. The highest BCUT2D eigenvalue weighted by atomic mass is 19.4. The molecule has 1 unspecified atom stereocenters. The Morgan fingerprint density at radius 1 is 1.39 bits per heavy atom. The fraction of sp³-hybridized carbons (Fsp3) is 0.909. The molecule has 108 valence electrons. The SMILES string of the molecule is CCN(CCCC(C)(N)C(=O)OC)CC(F)(F)F. The van der Waals surface area contributed by atoms with E-state index < -0.39 is 24.2 Å². The molecule has 4 nitrogen and oxygen atoms in total. The molecule has 0 saturated carbocycles. The number of carbonyl (C=O) groups is 1. The van der Waals surface area contributed by atoms with E-state index in [-0.39, 0.29) is 13.0 Å². The van der Waals surface area contributed by atoms with Gasteiger partial charge < -0.3 is 10.5 Å². The van der Waals surface area contributed by atoms with Gasteiger partial charge in [0.25, 0.3) is 0 Å². The van der Waals surface area contributed by atoms with Crippen molar-refractivity contribution in [2.45, 2.75) is 38.4 Å². The molecule has 2 N–H and O–H groups in total. The van der Waals surface area contributed by atoms with Crippen molar-refractivity contribution < 1.29 is 22.7 Å². The lowest BCUT2D eigenvalue weighted by molar-refractivity contribution is -0.148. The van der Waals surface area contributed by atoms with Gasteiger partial charge in [-0.15, -0.1) is 0 Å². The van der Waals surface area contributed by atoms with Gasteiger partial charge in [-0.1, -0.05) is 6.92 Å². The Kier molecular flexibility index (Phi) is 6.62. The molecule has 0 bridgehead atoms. The number of nitrogens with two attached hydrogens (primary N) is 1. The van der Waals surface area contributed by atoms with Crippen LogP contribution in [0.25, 0.3) is 0 Å². The topological polar surface area (TPSA) is 55.6 Å². The number of methoxy groups -OCH3 is 1. The second-order valence-corrected chi connectivity index (χ2v) is 4.50. The maximum atomic E-state index is 12.2. The van der Waals surface area contributed by atoms with Gasteiger partial charge in [0.2, 0.25) is 0 Å². The number of halogens is 3. The summed E-state index contributed by atoms with van der Waals surface area (Å²) >= 11 is 0. The van der Waals surface area contributed by atoms with Crippen LogP contribution in [0.3, 0.4) is 0 Å². The Labute approximate surface area is 105 Å². The van der Waals surface area contributed by atoms with Crippen LogP contribution in [0.1, 0.15) is 26.7 Å². The number of hydrogen-bond acceptors (Lipinski definition) is 4. The molecule has 0 rings (SSSR count). The highest BCUT2D eigenvalue weighted by Crippen LogP contribution is 2.17. The van der Waals surface area contributed by atoms with Crippen molar-refractivity contribution >= 4 is 5.97 Å². The molecule has 0 saturated heterocycles. The predicted octanol–water partition coefficient (Wildman–Crippen LogP) is 1.54. The molecule has 0 aliphatic carbocycles. The Bertz CT molecular complexity index is 268. The van der Waals surface area contributed by atoms with E-state index in [2.05, 4.69) is 4.74 Å². The summed E-state index contributed by atoms with van der Waals surface area (Å²) in [6.45, 7) is 2.79. The minimum absolute atomic E-state index is 0.250. The van der Waals surface area contributed by atoms with Gasteiger partial charge in [0.15, 0.2) is 0 Å². The van der Waals surface area contributed by atoms with Gasteiger partial charge in [0.05, 0.1) is 13.7 Å². The van der Waals surface area contributed by atoms with Crippen LogP contribution >= 0.6 is 0 Å². The predicted molar refractivity (Wildman–Crippen MR) is 62.0 cm³/mol. The van der Waals surface area contributed by atoms with Crippen LogP contribution in [0.2, 0.25) is 0 Å². The number of carbonyl (C=O) groups excluding carboxylic acids is 1. The minimum atomic E-state index is -4.20. The lowest BCUT2D eigenvalue weighted by atomic mass is 9.97. The molecule has 0 fully saturated rings. The van der Waals surface area contributed by atoms with Gasteiger partial charge in [-0.3, -0.25) is 9.69 Å². The minimum Gasteiger partial charge on any atom is -0.468 e. The highest BCUT2D eigenvalue weighted by molar-refractivity contribution is 5.79. The lowest BCUT2D eigenvalue weighted by Gasteiger charge is -2.25. The Hall–Kier alpha value is -0.820. The van der Waals surface area contributed by atoms with E-state index in [1.54, 1.807) is 6.92 Å². The summed E-state index contributed by atoms with van der Waals surface area (Å²) in [5.74, 6) is -0.554. The van der Waals surface area contributed by atoms with E-state index in [1.807, 2.05) is 0 Å². The lowest BCUT2D eigenvalue weighted by Crippen LogP contribution is -2.46. The number of nitrogens with zero attached hydrogens (tertiary/aromatic N) is 1. The summed E-state index contributed by atoms with van der Waals surface area (Å²) in [5.41, 5.74) is 4.56. The van der Waals surface area contributed by atoms with E-state index in [4.69, 9.17) is 5.73 Å². The van der Waals surface area contributed by atoms with Crippen LogP contribution in [0.5, 0.6) is 0 Å². The van der Waals surface area contributed by atoms with Gasteiger partial charge in [-0.25, -0.2) is 0 Å². The fourth-order valence-electron chi connectivity index (χ4n) is 1.61. The first kappa shape index (κ1) is 17.2. The van der Waals surface area contributed by atoms with Gasteiger partial charge >= 0.3 is 12.1 Å². The molecule has 0 aliphatic rings. The average molecular weight is 270 g/mol. The number of alkyl halides is 3. The van der Waals surface area contributed by atoms with Crippen molar-refractivity contribution in [2.24, 2.45) is 5.73 Å². The number of ether oxygens (including phenoxy) is 1. The average Bonchev–Trinajstić information content (AvgIpc) is 2.24. The van der Waals surface area contributed by atoms with Crippen LogP contribution in [0.15, 0.2) is 0 Å². The van der Waals surface area contributed by atoms with Gasteiger partial charge in [-0.2, -0.15) is 13.2 Å². The van der Waals surface area contributed by atoms with Crippen LogP contribution < -0.4 is 5.73 Å². The first-order valence-corrected chi connectivity index (χ1v) is 5.79. The third-order valence-electron chi connectivity index (χ3n) is 2.67. The molecule has 0 spiro atoms. The summed E-state index contributed by atoms with van der Waals surface area (Å²) in [6.07, 6.45) is -3.51. The highest BCUT2D eigenvalue weighted by Gasteiger charge is 2.31. The molecule has 0 aromatic heterocycles. The van der Waals surface area contributed by atoms with Crippen molar-refractivity contribution in [2.75, 3.05) is 26.7 Å². The van der Waals surface area contributed by atoms with Gasteiger partial charge in [0, 0.05) is 0 Å². The fourth-order valence-corrected chi connectivity index (χ4v) is 1.61. The van der Waals surface area contributed by atoms with Crippen molar-refractivity contribution in [3.63, 3.8) is 0 Å². The summed E-state index contributed by atoms with van der Waals surface area (Å²) in [5, 5.41) is 0. The molecule has 0 heterocycles. The summed E-state index contributed by atoms with van der Waals surface area (Å²) in [4.78, 5) is 12.5. The van der Waals surface area contributed by atoms with E-state index in [0.29, 0.717) is 13.0 Å². The third kappa shape index (κ3) is 6.80. The van der Waals surface area contributed by atoms with Crippen LogP contribution in [0.4, 0.5) is 13.2 Å². The quantitative estimate of drug-likeness (QED) is 0.713. The molecular formula is C11H21F3N2O2. The maximum Gasteiger partial charge on any atom is 0.401 e. The first-order chi connectivity index (χ1) is 8.12. The molecule has 0 aromatic carbocycles. The Morgan fingerprint density at radius 3 is 2.33 bits per heavy atom. The van der Waals surface area contributed by atoms with Gasteiger partial charge in [0.1, 0.15) is 5.54 Å². The third-order valence-corrected chi connectivity index (χ3v) is 2.67. The second-order valence-electron chi connectivity index (χ2n) is 4.50. The first-order valence-electron chi connectivity index (χ1n) is 5.79. The van der Waals surface area contributed by atoms with E-state index >= 15 is 0 Å². The second kappa shape index (κ2) is 6.94.